The van der Waals surface area contributed by atoms with E-state index in [1.807, 2.05) is 24.3 Å². The van der Waals surface area contributed by atoms with Crippen molar-refractivity contribution in [3.63, 3.8) is 0 Å². The number of carbonyl (C=O) groups excluding carboxylic acids is 1. The number of benzene rings is 1. The van der Waals surface area contributed by atoms with E-state index in [4.69, 9.17) is 4.74 Å². The minimum absolute atomic E-state index is 0.0373. The summed E-state index contributed by atoms with van der Waals surface area (Å²) in [5.74, 6) is 1.46. The van der Waals surface area contributed by atoms with Crippen LogP contribution in [0.3, 0.4) is 0 Å². The molecule has 23 heavy (non-hydrogen) atoms. The van der Waals surface area contributed by atoms with Crippen LogP contribution < -0.4 is 10.6 Å². The molecular formula is C17H20N4O2. The normalized spacial score (nSPS) is 17.0. The number of ketones is 1. The molecule has 0 bridgehead atoms. The van der Waals surface area contributed by atoms with Crippen molar-refractivity contribution in [2.75, 3.05) is 23.8 Å². The Morgan fingerprint density at radius 3 is 2.96 bits per heavy atom. The Hall–Kier alpha value is -2.47. The molecule has 2 N–H and O–H groups in total. The minimum Gasteiger partial charge on any atom is -0.376 e. The number of ether oxygens (including phenoxy) is 1. The Morgan fingerprint density at radius 1 is 1.30 bits per heavy atom. The molecule has 6 heteroatoms. The first kappa shape index (κ1) is 15.4. The molecule has 0 aliphatic carbocycles. The van der Waals surface area contributed by atoms with Gasteiger partial charge in [0, 0.05) is 30.5 Å². The summed E-state index contributed by atoms with van der Waals surface area (Å²) >= 11 is 0. The van der Waals surface area contributed by atoms with E-state index in [1.54, 1.807) is 13.0 Å². The van der Waals surface area contributed by atoms with E-state index in [2.05, 4.69) is 20.6 Å². The number of hydrogen-bond donors (Lipinski definition) is 2. The lowest BCUT2D eigenvalue weighted by atomic mass is 10.1. The van der Waals surface area contributed by atoms with Crippen LogP contribution in [0.25, 0.3) is 0 Å². The highest BCUT2D eigenvalue weighted by Gasteiger charge is 2.15. The molecule has 1 atom stereocenters. The van der Waals surface area contributed by atoms with Crippen molar-refractivity contribution in [1.29, 1.82) is 0 Å². The molecule has 0 spiro atoms. The molecule has 1 unspecified atom stereocenters. The summed E-state index contributed by atoms with van der Waals surface area (Å²) < 4.78 is 5.58. The van der Waals surface area contributed by atoms with Gasteiger partial charge < -0.3 is 15.4 Å². The number of carbonyl (C=O) groups is 1. The number of hydrogen-bond acceptors (Lipinski definition) is 6. The smallest absolute Gasteiger partial charge is 0.159 e. The lowest BCUT2D eigenvalue weighted by Gasteiger charge is -2.12. The molecular weight excluding hydrogens is 292 g/mol. The first-order valence-electron chi connectivity index (χ1n) is 7.76. The van der Waals surface area contributed by atoms with Crippen LogP contribution in [-0.2, 0) is 4.74 Å². The minimum atomic E-state index is 0.0373. The van der Waals surface area contributed by atoms with E-state index >= 15 is 0 Å². The Kier molecular flexibility index (Phi) is 4.83. The van der Waals surface area contributed by atoms with Crippen LogP contribution in [0, 0.1) is 0 Å². The molecule has 6 nitrogen and oxygen atoms in total. The quantitative estimate of drug-likeness (QED) is 0.799. The molecule has 1 aromatic heterocycles. The van der Waals surface area contributed by atoms with Crippen LogP contribution in [0.5, 0.6) is 0 Å². The van der Waals surface area contributed by atoms with Gasteiger partial charge in [0.05, 0.1) is 6.10 Å². The first-order chi connectivity index (χ1) is 11.2. The summed E-state index contributed by atoms with van der Waals surface area (Å²) in [4.78, 5) is 19.9. The third-order valence-corrected chi connectivity index (χ3v) is 3.74. The highest BCUT2D eigenvalue weighted by Crippen LogP contribution is 2.18. The fourth-order valence-electron chi connectivity index (χ4n) is 2.51. The van der Waals surface area contributed by atoms with Gasteiger partial charge in [0.2, 0.25) is 0 Å². The van der Waals surface area contributed by atoms with Crippen molar-refractivity contribution in [1.82, 2.24) is 9.97 Å². The van der Waals surface area contributed by atoms with Crippen molar-refractivity contribution >= 4 is 23.1 Å². The van der Waals surface area contributed by atoms with E-state index < -0.39 is 0 Å². The maximum absolute atomic E-state index is 11.4. The largest absolute Gasteiger partial charge is 0.376 e. The molecule has 2 heterocycles. The van der Waals surface area contributed by atoms with E-state index in [9.17, 15) is 4.79 Å². The Labute approximate surface area is 135 Å². The standard InChI is InChI=1S/C17H20N4O2/c1-12(22)13-4-2-5-14(8-13)21-17-9-16(19-11-20-17)18-10-15-6-3-7-23-15/h2,4-5,8-9,11,15H,3,6-7,10H2,1H3,(H2,18,19,20,21). The fraction of sp³-hybridized carbons (Fsp3) is 0.353. The van der Waals surface area contributed by atoms with Gasteiger partial charge >= 0.3 is 0 Å². The average molecular weight is 312 g/mol. The molecule has 1 fully saturated rings. The Balaban J connectivity index is 1.64. The lowest BCUT2D eigenvalue weighted by Crippen LogP contribution is -2.19. The third kappa shape index (κ3) is 4.26. The molecule has 2 aromatic rings. The lowest BCUT2D eigenvalue weighted by molar-refractivity contribution is 0.101. The second-order valence-electron chi connectivity index (χ2n) is 5.57. The van der Waals surface area contributed by atoms with Crippen LogP contribution in [0.4, 0.5) is 17.3 Å². The van der Waals surface area contributed by atoms with Crippen LogP contribution in [0.15, 0.2) is 36.7 Å². The third-order valence-electron chi connectivity index (χ3n) is 3.74. The molecule has 1 aliphatic rings. The van der Waals surface area contributed by atoms with Gasteiger partial charge in [-0.2, -0.15) is 0 Å². The predicted molar refractivity (Wildman–Crippen MR) is 89.2 cm³/mol. The van der Waals surface area contributed by atoms with Crippen molar-refractivity contribution in [3.8, 4) is 0 Å². The summed E-state index contributed by atoms with van der Waals surface area (Å²) in [7, 11) is 0. The number of nitrogens with zero attached hydrogens (tertiary/aromatic N) is 2. The van der Waals surface area contributed by atoms with E-state index in [-0.39, 0.29) is 11.9 Å². The zero-order valence-corrected chi connectivity index (χ0v) is 13.1. The molecule has 0 saturated carbocycles. The van der Waals surface area contributed by atoms with Crippen LogP contribution in [0.2, 0.25) is 0 Å². The molecule has 1 aliphatic heterocycles. The summed E-state index contributed by atoms with van der Waals surface area (Å²) in [5.41, 5.74) is 1.49. The maximum atomic E-state index is 11.4. The SMILES string of the molecule is CC(=O)c1cccc(Nc2cc(NCC3CCCO3)ncn2)c1. The van der Waals surface area contributed by atoms with Gasteiger partial charge in [0.25, 0.3) is 0 Å². The van der Waals surface area contributed by atoms with Gasteiger partial charge in [0.1, 0.15) is 18.0 Å². The van der Waals surface area contributed by atoms with Crippen LogP contribution in [-0.4, -0.2) is 35.0 Å². The highest BCUT2D eigenvalue weighted by atomic mass is 16.5. The van der Waals surface area contributed by atoms with Gasteiger partial charge in [-0.15, -0.1) is 0 Å². The molecule has 0 amide bonds. The van der Waals surface area contributed by atoms with E-state index in [0.29, 0.717) is 11.4 Å². The van der Waals surface area contributed by atoms with Crippen LogP contribution >= 0.6 is 0 Å². The van der Waals surface area contributed by atoms with Crippen molar-refractivity contribution in [2.24, 2.45) is 0 Å². The van der Waals surface area contributed by atoms with Crippen molar-refractivity contribution < 1.29 is 9.53 Å². The van der Waals surface area contributed by atoms with Gasteiger partial charge in [-0.1, -0.05) is 12.1 Å². The molecule has 0 radical (unpaired) electrons. The number of Topliss-reactive ketones (excluding diaryl/α,β-unsaturated/α-hetero) is 1. The fourth-order valence-corrected chi connectivity index (χ4v) is 2.51. The first-order valence-corrected chi connectivity index (χ1v) is 7.76. The summed E-state index contributed by atoms with van der Waals surface area (Å²) in [6.45, 7) is 3.14. The maximum Gasteiger partial charge on any atom is 0.159 e. The Morgan fingerprint density at radius 2 is 2.17 bits per heavy atom. The van der Waals surface area contributed by atoms with Gasteiger partial charge in [-0.05, 0) is 31.9 Å². The second kappa shape index (κ2) is 7.19. The van der Waals surface area contributed by atoms with Gasteiger partial charge in [-0.3, -0.25) is 4.79 Å². The second-order valence-corrected chi connectivity index (χ2v) is 5.57. The molecule has 120 valence electrons. The zero-order chi connectivity index (χ0) is 16.1. The number of aromatic nitrogens is 2. The predicted octanol–water partition coefficient (Wildman–Crippen LogP) is 3.01. The molecule has 3 rings (SSSR count). The molecule has 1 aromatic carbocycles. The highest BCUT2D eigenvalue weighted by molar-refractivity contribution is 5.95. The zero-order valence-electron chi connectivity index (χ0n) is 13.1. The van der Waals surface area contributed by atoms with Crippen LogP contribution in [0.1, 0.15) is 30.1 Å². The summed E-state index contributed by atoms with van der Waals surface area (Å²) in [5, 5.41) is 6.47. The van der Waals surface area contributed by atoms with Crippen molar-refractivity contribution in [2.45, 2.75) is 25.9 Å². The Bertz CT molecular complexity index is 684. The number of rotatable bonds is 6. The van der Waals surface area contributed by atoms with Gasteiger partial charge in [-0.25, -0.2) is 9.97 Å². The van der Waals surface area contributed by atoms with E-state index in [0.717, 1.165) is 37.5 Å². The average Bonchev–Trinajstić information content (AvgIpc) is 3.07. The topological polar surface area (TPSA) is 76.1 Å². The van der Waals surface area contributed by atoms with E-state index in [1.165, 1.54) is 6.33 Å². The monoisotopic (exact) mass is 312 g/mol. The number of anilines is 3. The van der Waals surface area contributed by atoms with Gasteiger partial charge in [0.15, 0.2) is 5.78 Å². The van der Waals surface area contributed by atoms with Crippen molar-refractivity contribution in [3.05, 3.63) is 42.2 Å². The summed E-state index contributed by atoms with van der Waals surface area (Å²) in [6.07, 6.45) is 3.97. The molecule has 1 saturated heterocycles. The summed E-state index contributed by atoms with van der Waals surface area (Å²) in [6, 6.07) is 9.19. The number of nitrogens with one attached hydrogen (secondary N) is 2.